The van der Waals surface area contributed by atoms with Gasteiger partial charge in [0.2, 0.25) is 5.88 Å². The second kappa shape index (κ2) is 9.38. The molecular weight excluding hydrogens is 472 g/mol. The topological polar surface area (TPSA) is 73.2 Å². The number of hydrogen-bond acceptors (Lipinski definition) is 4. The van der Waals surface area contributed by atoms with Gasteiger partial charge in [-0.15, -0.1) is 0 Å². The fourth-order valence-corrected chi connectivity index (χ4v) is 3.28. The third-order valence-corrected chi connectivity index (χ3v) is 5.01. The molecule has 0 bridgehead atoms. The van der Waals surface area contributed by atoms with Gasteiger partial charge in [0.25, 0.3) is 11.5 Å². The van der Waals surface area contributed by atoms with Crippen molar-refractivity contribution in [2.45, 2.75) is 33.4 Å². The monoisotopic (exact) mass is 491 g/mol. The highest BCUT2D eigenvalue weighted by Crippen LogP contribution is 2.22. The molecule has 0 aliphatic carbocycles. The van der Waals surface area contributed by atoms with Gasteiger partial charge in [0.15, 0.2) is 0 Å². The normalized spacial score (nSPS) is 10.9. The Kier molecular flexibility index (Phi) is 6.84. The van der Waals surface area contributed by atoms with Crippen molar-refractivity contribution in [3.8, 4) is 11.6 Å². The summed E-state index contributed by atoms with van der Waals surface area (Å²) in [6, 6.07) is 9.71. The first-order chi connectivity index (χ1) is 14.7. The molecule has 6 nitrogen and oxygen atoms in total. The molecule has 0 radical (unpaired) electrons. The van der Waals surface area contributed by atoms with Crippen LogP contribution < -0.4 is 15.6 Å². The van der Waals surface area contributed by atoms with Crippen LogP contribution in [-0.2, 0) is 6.61 Å². The molecule has 31 heavy (non-hydrogen) atoms. The van der Waals surface area contributed by atoms with Gasteiger partial charge in [-0.1, -0.05) is 6.07 Å². The molecule has 1 N–H and O–H groups in total. The minimum atomic E-state index is -0.752. The molecule has 0 aliphatic heterocycles. The van der Waals surface area contributed by atoms with Crippen LogP contribution in [-0.4, -0.2) is 21.5 Å². The van der Waals surface area contributed by atoms with E-state index in [0.29, 0.717) is 17.1 Å². The Labute approximate surface area is 186 Å². The van der Waals surface area contributed by atoms with Gasteiger partial charge < -0.3 is 10.1 Å². The quantitative estimate of drug-likeness (QED) is 0.557. The molecule has 9 heteroatoms. The van der Waals surface area contributed by atoms with E-state index in [1.165, 1.54) is 10.6 Å². The second-order valence-electron chi connectivity index (χ2n) is 7.12. The number of carbonyl (C=O) groups is 1. The Balaban J connectivity index is 1.92. The third kappa shape index (κ3) is 5.16. The number of rotatable bonds is 6. The summed E-state index contributed by atoms with van der Waals surface area (Å²) in [5.74, 6) is -1.41. The number of aromatic nitrogens is 2. The summed E-state index contributed by atoms with van der Waals surface area (Å²) in [5.41, 5.74) is 0.535. The lowest BCUT2D eigenvalue weighted by atomic mass is 10.1. The van der Waals surface area contributed by atoms with Gasteiger partial charge in [0, 0.05) is 23.2 Å². The van der Waals surface area contributed by atoms with E-state index in [1.54, 1.807) is 31.2 Å². The first kappa shape index (κ1) is 22.6. The maximum Gasteiger partial charge on any atom is 0.276 e. The van der Waals surface area contributed by atoms with Crippen LogP contribution in [0.2, 0.25) is 0 Å². The van der Waals surface area contributed by atoms with Gasteiger partial charge in [-0.25, -0.2) is 8.78 Å². The maximum atomic E-state index is 13.8. The fourth-order valence-electron chi connectivity index (χ4n) is 2.90. The zero-order valence-corrected chi connectivity index (χ0v) is 18.7. The molecule has 0 saturated carbocycles. The Morgan fingerprint density at radius 3 is 2.65 bits per heavy atom. The summed E-state index contributed by atoms with van der Waals surface area (Å²) < 4.78 is 33.8. The Hall–Kier alpha value is -3.07. The number of nitrogens with zero attached hydrogens (tertiary/aromatic N) is 2. The van der Waals surface area contributed by atoms with Gasteiger partial charge in [-0.2, -0.15) is 4.98 Å². The zero-order chi connectivity index (χ0) is 22.7. The number of aryl methyl sites for hydroxylation is 1. The smallest absolute Gasteiger partial charge is 0.276 e. The van der Waals surface area contributed by atoms with Crippen molar-refractivity contribution in [1.82, 2.24) is 14.9 Å². The van der Waals surface area contributed by atoms with Crippen LogP contribution in [0.3, 0.4) is 0 Å². The summed E-state index contributed by atoms with van der Waals surface area (Å²) in [4.78, 5) is 29.6. The predicted octanol–water partition coefficient (Wildman–Crippen LogP) is 4.30. The summed E-state index contributed by atoms with van der Waals surface area (Å²) in [6.07, 6.45) is 0. The van der Waals surface area contributed by atoms with Gasteiger partial charge in [-0.3, -0.25) is 14.2 Å². The highest BCUT2D eigenvalue weighted by Gasteiger charge is 2.17. The first-order valence-electron chi connectivity index (χ1n) is 9.44. The average Bonchev–Trinajstić information content (AvgIpc) is 2.70. The number of halogens is 3. The summed E-state index contributed by atoms with van der Waals surface area (Å²) in [6.45, 7) is 5.09. The summed E-state index contributed by atoms with van der Waals surface area (Å²) in [7, 11) is 0. The van der Waals surface area contributed by atoms with E-state index in [1.807, 2.05) is 13.8 Å². The van der Waals surface area contributed by atoms with Gasteiger partial charge in [0.05, 0.1) is 5.69 Å². The van der Waals surface area contributed by atoms with E-state index in [-0.39, 0.29) is 34.5 Å². The lowest BCUT2D eigenvalue weighted by Crippen LogP contribution is -2.30. The van der Waals surface area contributed by atoms with Gasteiger partial charge in [0.1, 0.15) is 28.5 Å². The highest BCUT2D eigenvalue weighted by molar-refractivity contribution is 9.10. The molecule has 1 aromatic heterocycles. The summed E-state index contributed by atoms with van der Waals surface area (Å²) >= 11 is 3.19. The van der Waals surface area contributed by atoms with Crippen LogP contribution in [0, 0.1) is 18.6 Å². The molecule has 0 unspecified atom stereocenters. The molecule has 2 aromatic carbocycles. The standard InChI is InChI=1S/C22H20BrF2N3O3/c1-12(2)26-20(29)14-5-4-6-17(9-14)28-13(3)27-21(19(23)22(28)30)31-11-15-7-8-16(24)10-18(15)25/h4-10,12H,11H2,1-3H3,(H,26,29). The number of nitrogens with one attached hydrogen (secondary N) is 1. The van der Waals surface area contributed by atoms with Crippen molar-refractivity contribution < 1.29 is 18.3 Å². The molecule has 162 valence electrons. The predicted molar refractivity (Wildman–Crippen MR) is 116 cm³/mol. The van der Waals surface area contributed by atoms with E-state index < -0.39 is 17.2 Å². The Bertz CT molecular complexity index is 1200. The van der Waals surface area contributed by atoms with E-state index in [0.717, 1.165) is 12.1 Å². The van der Waals surface area contributed by atoms with Crippen molar-refractivity contribution in [3.63, 3.8) is 0 Å². The lowest BCUT2D eigenvalue weighted by Gasteiger charge is -2.15. The van der Waals surface area contributed by atoms with Crippen LogP contribution >= 0.6 is 15.9 Å². The van der Waals surface area contributed by atoms with Crippen molar-refractivity contribution in [2.75, 3.05) is 0 Å². The van der Waals surface area contributed by atoms with Crippen LogP contribution in [0.4, 0.5) is 8.78 Å². The van der Waals surface area contributed by atoms with Crippen LogP contribution in [0.1, 0.15) is 35.6 Å². The minimum absolute atomic E-state index is 0.0174. The highest BCUT2D eigenvalue weighted by atomic mass is 79.9. The van der Waals surface area contributed by atoms with Gasteiger partial charge in [-0.05, 0) is 67.0 Å². The third-order valence-electron chi connectivity index (χ3n) is 4.33. The van der Waals surface area contributed by atoms with Crippen molar-refractivity contribution in [3.05, 3.63) is 85.9 Å². The van der Waals surface area contributed by atoms with Crippen LogP contribution in [0.15, 0.2) is 51.7 Å². The van der Waals surface area contributed by atoms with Crippen molar-refractivity contribution >= 4 is 21.8 Å². The van der Waals surface area contributed by atoms with E-state index in [9.17, 15) is 18.4 Å². The maximum absolute atomic E-state index is 13.8. The molecule has 0 atom stereocenters. The number of carbonyl (C=O) groups excluding carboxylic acids is 1. The molecule has 3 aromatic rings. The largest absolute Gasteiger partial charge is 0.472 e. The van der Waals surface area contributed by atoms with Gasteiger partial charge >= 0.3 is 0 Å². The van der Waals surface area contributed by atoms with Crippen LogP contribution in [0.25, 0.3) is 5.69 Å². The van der Waals surface area contributed by atoms with Crippen molar-refractivity contribution in [1.29, 1.82) is 0 Å². The van der Waals surface area contributed by atoms with E-state index >= 15 is 0 Å². The number of ether oxygens (including phenoxy) is 1. The van der Waals surface area contributed by atoms with Crippen LogP contribution in [0.5, 0.6) is 5.88 Å². The average molecular weight is 492 g/mol. The Morgan fingerprint density at radius 1 is 1.23 bits per heavy atom. The molecule has 1 amide bonds. The lowest BCUT2D eigenvalue weighted by molar-refractivity contribution is 0.0943. The number of amides is 1. The molecule has 0 aliphatic rings. The zero-order valence-electron chi connectivity index (χ0n) is 17.1. The summed E-state index contributed by atoms with van der Waals surface area (Å²) in [5, 5.41) is 2.80. The first-order valence-corrected chi connectivity index (χ1v) is 10.2. The SMILES string of the molecule is Cc1nc(OCc2ccc(F)cc2F)c(Br)c(=O)n1-c1cccc(C(=O)NC(C)C)c1. The number of hydrogen-bond donors (Lipinski definition) is 1. The molecule has 0 saturated heterocycles. The number of benzene rings is 2. The molecule has 0 spiro atoms. The Morgan fingerprint density at radius 2 is 1.97 bits per heavy atom. The molecular formula is C22H20BrF2N3O3. The molecule has 3 rings (SSSR count). The molecule has 1 heterocycles. The second-order valence-corrected chi connectivity index (χ2v) is 7.91. The van der Waals surface area contributed by atoms with E-state index in [2.05, 4.69) is 26.2 Å². The minimum Gasteiger partial charge on any atom is -0.472 e. The van der Waals surface area contributed by atoms with Crippen molar-refractivity contribution in [2.24, 2.45) is 0 Å². The van der Waals surface area contributed by atoms with E-state index in [4.69, 9.17) is 4.74 Å². The fraction of sp³-hybridized carbons (Fsp3) is 0.227. The molecule has 0 fully saturated rings.